The first-order chi connectivity index (χ1) is 8.04. The van der Waals surface area contributed by atoms with E-state index in [9.17, 15) is 4.79 Å². The van der Waals surface area contributed by atoms with Crippen molar-refractivity contribution in [3.8, 4) is 0 Å². The monoisotopic (exact) mass is 250 g/mol. The maximum atomic E-state index is 11.8. The van der Waals surface area contributed by atoms with E-state index < -0.39 is 0 Å². The van der Waals surface area contributed by atoms with Gasteiger partial charge in [0.1, 0.15) is 0 Å². The van der Waals surface area contributed by atoms with Crippen molar-refractivity contribution >= 4 is 23.2 Å². The van der Waals surface area contributed by atoms with E-state index in [-0.39, 0.29) is 5.91 Å². The molecule has 0 unspecified atom stereocenters. The summed E-state index contributed by atoms with van der Waals surface area (Å²) in [5.74, 6) is 0.293. The van der Waals surface area contributed by atoms with E-state index in [2.05, 4.69) is 24.5 Å². The summed E-state index contributed by atoms with van der Waals surface area (Å²) in [6, 6.07) is 7.57. The number of carbonyl (C=O) groups excluding carboxylic acids is 1. The molecule has 1 rings (SSSR count). The van der Waals surface area contributed by atoms with Crippen LogP contribution in [0.2, 0.25) is 0 Å². The smallest absolute Gasteiger partial charge is 0.257 e. The zero-order chi connectivity index (χ0) is 12.8. The second-order valence-electron chi connectivity index (χ2n) is 4.09. The molecular weight excluding hydrogens is 232 g/mol. The van der Waals surface area contributed by atoms with Crippen LogP contribution >= 0.6 is 12.2 Å². The topological polar surface area (TPSA) is 41.1 Å². The molecule has 1 amide bonds. The molecule has 4 heteroatoms. The van der Waals surface area contributed by atoms with Crippen LogP contribution < -0.4 is 10.6 Å². The van der Waals surface area contributed by atoms with Gasteiger partial charge in [-0.15, -0.1) is 0 Å². The summed E-state index contributed by atoms with van der Waals surface area (Å²) >= 11 is 4.95. The minimum absolute atomic E-state index is 0.175. The van der Waals surface area contributed by atoms with Crippen LogP contribution in [-0.2, 0) is 0 Å². The molecule has 0 radical (unpaired) electrons. The van der Waals surface area contributed by atoms with Crippen LogP contribution in [0.5, 0.6) is 0 Å². The molecule has 92 valence electrons. The summed E-state index contributed by atoms with van der Waals surface area (Å²) in [6.07, 6.45) is 0. The minimum Gasteiger partial charge on any atom is -0.363 e. The SMILES string of the molecule is CCNC(=S)NC(=O)c1ccc(C(C)C)cc1. The van der Waals surface area contributed by atoms with Crippen LogP contribution in [0.1, 0.15) is 42.6 Å². The average Bonchev–Trinajstić information content (AvgIpc) is 2.29. The van der Waals surface area contributed by atoms with Crippen LogP contribution in [0.3, 0.4) is 0 Å². The predicted molar refractivity (Wildman–Crippen MR) is 74.3 cm³/mol. The Morgan fingerprint density at radius 2 is 1.88 bits per heavy atom. The minimum atomic E-state index is -0.175. The number of thiocarbonyl (C=S) groups is 1. The van der Waals surface area contributed by atoms with E-state index in [0.717, 1.165) is 0 Å². The Hall–Kier alpha value is -1.42. The van der Waals surface area contributed by atoms with E-state index in [4.69, 9.17) is 12.2 Å². The first-order valence-corrected chi connectivity index (χ1v) is 6.14. The highest BCUT2D eigenvalue weighted by Crippen LogP contribution is 2.14. The Morgan fingerprint density at radius 3 is 2.35 bits per heavy atom. The zero-order valence-corrected chi connectivity index (χ0v) is 11.2. The Labute approximate surface area is 108 Å². The Morgan fingerprint density at radius 1 is 1.29 bits per heavy atom. The van der Waals surface area contributed by atoms with E-state index in [1.807, 2.05) is 31.2 Å². The number of rotatable bonds is 3. The second kappa shape index (κ2) is 6.35. The third-order valence-electron chi connectivity index (χ3n) is 2.40. The number of amides is 1. The maximum absolute atomic E-state index is 11.8. The Balaban J connectivity index is 2.67. The third kappa shape index (κ3) is 4.15. The van der Waals surface area contributed by atoms with Crippen molar-refractivity contribution in [1.82, 2.24) is 10.6 Å². The molecule has 0 spiro atoms. The summed E-state index contributed by atoms with van der Waals surface area (Å²) in [4.78, 5) is 11.8. The van der Waals surface area contributed by atoms with Gasteiger partial charge in [-0.1, -0.05) is 26.0 Å². The summed E-state index contributed by atoms with van der Waals surface area (Å²) in [6.45, 7) is 6.87. The van der Waals surface area contributed by atoms with Gasteiger partial charge in [-0.3, -0.25) is 10.1 Å². The summed E-state index contributed by atoms with van der Waals surface area (Å²) in [5.41, 5.74) is 1.84. The van der Waals surface area contributed by atoms with Crippen LogP contribution in [-0.4, -0.2) is 17.6 Å². The molecule has 3 nitrogen and oxygen atoms in total. The van der Waals surface area contributed by atoms with Gasteiger partial charge in [0, 0.05) is 12.1 Å². The van der Waals surface area contributed by atoms with Crippen molar-refractivity contribution in [2.75, 3.05) is 6.54 Å². The fourth-order valence-electron chi connectivity index (χ4n) is 1.40. The molecule has 0 aliphatic heterocycles. The van der Waals surface area contributed by atoms with E-state index >= 15 is 0 Å². The normalized spacial score (nSPS) is 10.1. The van der Waals surface area contributed by atoms with Gasteiger partial charge in [0.2, 0.25) is 0 Å². The quantitative estimate of drug-likeness (QED) is 0.810. The van der Waals surface area contributed by atoms with Gasteiger partial charge in [-0.25, -0.2) is 0 Å². The number of benzene rings is 1. The lowest BCUT2D eigenvalue weighted by atomic mass is 10.0. The number of hydrogen-bond acceptors (Lipinski definition) is 2. The van der Waals surface area contributed by atoms with Crippen molar-refractivity contribution in [3.05, 3.63) is 35.4 Å². The van der Waals surface area contributed by atoms with Crippen molar-refractivity contribution in [2.45, 2.75) is 26.7 Å². The molecule has 0 heterocycles. The van der Waals surface area contributed by atoms with Crippen molar-refractivity contribution < 1.29 is 4.79 Å². The Kier molecular flexibility index (Phi) is 5.10. The molecule has 1 aromatic carbocycles. The lowest BCUT2D eigenvalue weighted by Gasteiger charge is -2.09. The molecule has 17 heavy (non-hydrogen) atoms. The third-order valence-corrected chi connectivity index (χ3v) is 2.65. The van der Waals surface area contributed by atoms with Gasteiger partial charge < -0.3 is 5.32 Å². The van der Waals surface area contributed by atoms with Crippen molar-refractivity contribution in [2.24, 2.45) is 0 Å². The van der Waals surface area contributed by atoms with E-state index in [0.29, 0.717) is 23.1 Å². The molecule has 0 aromatic heterocycles. The largest absolute Gasteiger partial charge is 0.363 e. The number of hydrogen-bond donors (Lipinski definition) is 2. The predicted octanol–water partition coefficient (Wildman–Crippen LogP) is 2.43. The van der Waals surface area contributed by atoms with Gasteiger partial charge in [0.05, 0.1) is 0 Å². The van der Waals surface area contributed by atoms with Crippen molar-refractivity contribution in [1.29, 1.82) is 0 Å². The fourth-order valence-corrected chi connectivity index (χ4v) is 1.64. The van der Waals surface area contributed by atoms with E-state index in [1.165, 1.54) is 5.56 Å². The zero-order valence-electron chi connectivity index (χ0n) is 10.4. The van der Waals surface area contributed by atoms with Gasteiger partial charge in [0.15, 0.2) is 5.11 Å². The number of carbonyl (C=O) groups is 1. The molecule has 0 aliphatic rings. The molecule has 2 N–H and O–H groups in total. The van der Waals surface area contributed by atoms with Crippen LogP contribution in [0.15, 0.2) is 24.3 Å². The van der Waals surface area contributed by atoms with Crippen LogP contribution in [0.25, 0.3) is 0 Å². The first-order valence-electron chi connectivity index (χ1n) is 5.73. The highest BCUT2D eigenvalue weighted by atomic mass is 32.1. The molecule has 0 fully saturated rings. The number of nitrogens with one attached hydrogen (secondary N) is 2. The molecule has 0 saturated carbocycles. The molecule has 0 saturated heterocycles. The summed E-state index contributed by atoms with van der Waals surface area (Å²) < 4.78 is 0. The highest BCUT2D eigenvalue weighted by Gasteiger charge is 2.07. The second-order valence-corrected chi connectivity index (χ2v) is 4.50. The Bertz CT molecular complexity index is 398. The van der Waals surface area contributed by atoms with Crippen LogP contribution in [0.4, 0.5) is 0 Å². The van der Waals surface area contributed by atoms with E-state index in [1.54, 1.807) is 0 Å². The highest BCUT2D eigenvalue weighted by molar-refractivity contribution is 7.80. The summed E-state index contributed by atoms with van der Waals surface area (Å²) in [5, 5.41) is 5.87. The first kappa shape index (κ1) is 13.6. The summed E-state index contributed by atoms with van der Waals surface area (Å²) in [7, 11) is 0. The van der Waals surface area contributed by atoms with Gasteiger partial charge in [0.25, 0.3) is 5.91 Å². The maximum Gasteiger partial charge on any atom is 0.257 e. The van der Waals surface area contributed by atoms with Gasteiger partial charge in [-0.2, -0.15) is 0 Å². The standard InChI is InChI=1S/C13H18N2OS/c1-4-14-13(17)15-12(16)11-7-5-10(6-8-11)9(2)3/h5-9H,4H2,1-3H3,(H2,14,15,16,17). The molecule has 0 aliphatic carbocycles. The van der Waals surface area contributed by atoms with Gasteiger partial charge >= 0.3 is 0 Å². The lowest BCUT2D eigenvalue weighted by molar-refractivity contribution is 0.0976. The average molecular weight is 250 g/mol. The van der Waals surface area contributed by atoms with Gasteiger partial charge in [-0.05, 0) is 42.8 Å². The fraction of sp³-hybridized carbons (Fsp3) is 0.385. The molecule has 0 atom stereocenters. The van der Waals surface area contributed by atoms with Crippen LogP contribution in [0, 0.1) is 0 Å². The van der Waals surface area contributed by atoms with Crippen molar-refractivity contribution in [3.63, 3.8) is 0 Å². The molecular formula is C13H18N2OS. The molecule has 1 aromatic rings. The molecule has 0 bridgehead atoms. The lowest BCUT2D eigenvalue weighted by Crippen LogP contribution is -2.39.